The number of phenolic OH excluding ortho intramolecular Hbond substituents is 1. The second kappa shape index (κ2) is 14.8. The number of hydrogen-bond acceptors (Lipinski definition) is 14. The highest BCUT2D eigenvalue weighted by atomic mass is 16.7. The topological polar surface area (TPSA) is 225 Å². The predicted molar refractivity (Wildman–Crippen MR) is 179 cm³/mol. The van der Waals surface area contributed by atoms with Gasteiger partial charge in [0.2, 0.25) is 11.6 Å². The highest BCUT2D eigenvalue weighted by molar-refractivity contribution is 6.52. The van der Waals surface area contributed by atoms with Crippen LogP contribution in [-0.2, 0) is 33.3 Å². The van der Waals surface area contributed by atoms with Crippen molar-refractivity contribution < 1.29 is 63.6 Å². The maximum Gasteiger partial charge on any atom is 0.234 e. The quantitative estimate of drug-likeness (QED) is 0.213. The van der Waals surface area contributed by atoms with E-state index >= 15 is 0 Å². The van der Waals surface area contributed by atoms with Gasteiger partial charge in [-0.25, -0.2) is 0 Å². The molecular formula is C37H49NO13. The highest BCUT2D eigenvalue weighted by Gasteiger charge is 2.52. The summed E-state index contributed by atoms with van der Waals surface area (Å²) in [5.41, 5.74) is 3.65. The fourth-order valence-corrected chi connectivity index (χ4v) is 7.85. The number of phenols is 1. The maximum absolute atomic E-state index is 13.6. The van der Waals surface area contributed by atoms with Gasteiger partial charge >= 0.3 is 0 Å². The van der Waals surface area contributed by atoms with Crippen LogP contribution in [-0.4, -0.2) is 110 Å². The largest absolute Gasteiger partial charge is 0.507 e. The Kier molecular flexibility index (Phi) is 10.9. The SMILES string of the molecule is CC1=CC(=O)[C@@H](O)[C@](O)([C@@H](CC2=C(O)c3c(ccc([C@H]4CC[C@H](O[C@H]5CC[C@H](O)[C@H](C)O5)[C@H](C)O4)c3O)C(=O)C2=O)O[C@H]2CC[C@H](N)[C@H](C)O2)C1. The van der Waals surface area contributed by atoms with E-state index in [4.69, 9.17) is 29.4 Å². The lowest BCUT2D eigenvalue weighted by Crippen LogP contribution is -2.59. The van der Waals surface area contributed by atoms with Crippen molar-refractivity contribution in [1.82, 2.24) is 0 Å². The molecular weight excluding hydrogens is 666 g/mol. The van der Waals surface area contributed by atoms with Gasteiger partial charge in [-0.2, -0.15) is 0 Å². The monoisotopic (exact) mass is 715 g/mol. The first-order chi connectivity index (χ1) is 24.1. The molecule has 3 aliphatic heterocycles. The van der Waals surface area contributed by atoms with Gasteiger partial charge in [-0.1, -0.05) is 11.6 Å². The zero-order chi connectivity index (χ0) is 36.9. The number of rotatable bonds is 8. The molecule has 0 spiro atoms. The molecule has 5 aliphatic rings. The van der Waals surface area contributed by atoms with E-state index in [-0.39, 0.29) is 35.8 Å². The number of aliphatic hydroxyl groups is 4. The second-order valence-electron chi connectivity index (χ2n) is 14.7. The van der Waals surface area contributed by atoms with Crippen LogP contribution in [0.3, 0.4) is 0 Å². The van der Waals surface area contributed by atoms with Crippen LogP contribution in [0.5, 0.6) is 5.75 Å². The van der Waals surface area contributed by atoms with Gasteiger partial charge in [0.25, 0.3) is 0 Å². The van der Waals surface area contributed by atoms with Gasteiger partial charge in [0.15, 0.2) is 18.4 Å². The Morgan fingerprint density at radius 3 is 2.29 bits per heavy atom. The summed E-state index contributed by atoms with van der Waals surface area (Å²) in [5, 5.41) is 56.1. The van der Waals surface area contributed by atoms with Crippen LogP contribution in [0.25, 0.3) is 5.76 Å². The van der Waals surface area contributed by atoms with E-state index in [1.165, 1.54) is 18.2 Å². The summed E-state index contributed by atoms with van der Waals surface area (Å²) in [5.74, 6) is -3.97. The Morgan fingerprint density at radius 1 is 0.902 bits per heavy atom. The number of carbonyl (C=O) groups is 3. The summed E-state index contributed by atoms with van der Waals surface area (Å²) in [7, 11) is 0. The van der Waals surface area contributed by atoms with Crippen LogP contribution in [0.4, 0.5) is 0 Å². The first kappa shape index (κ1) is 37.7. The number of aromatic hydroxyl groups is 1. The third kappa shape index (κ3) is 7.31. The van der Waals surface area contributed by atoms with E-state index in [1.807, 2.05) is 6.92 Å². The van der Waals surface area contributed by atoms with Crippen molar-refractivity contribution in [2.45, 2.75) is 152 Å². The Bertz CT molecular complexity index is 1610. The van der Waals surface area contributed by atoms with Gasteiger partial charge in [-0.15, -0.1) is 0 Å². The van der Waals surface area contributed by atoms with Gasteiger partial charge in [-0.3, -0.25) is 14.4 Å². The normalized spacial score (nSPS) is 38.4. The van der Waals surface area contributed by atoms with Gasteiger partial charge in [0, 0.05) is 42.0 Å². The maximum atomic E-state index is 13.6. The summed E-state index contributed by atoms with van der Waals surface area (Å²) in [6, 6.07) is 2.58. The van der Waals surface area contributed by atoms with Crippen LogP contribution in [0.1, 0.15) is 107 Å². The number of Topliss-reactive ketones (excluding diaryl/α,β-unsaturated/α-hetero) is 2. The van der Waals surface area contributed by atoms with E-state index in [0.717, 1.165) is 0 Å². The lowest BCUT2D eigenvalue weighted by atomic mass is 9.74. The summed E-state index contributed by atoms with van der Waals surface area (Å²) in [6.45, 7) is 6.98. The molecule has 280 valence electrons. The third-order valence-electron chi connectivity index (χ3n) is 11.0. The molecule has 0 amide bonds. The van der Waals surface area contributed by atoms with Crippen molar-refractivity contribution in [3.63, 3.8) is 0 Å². The van der Waals surface area contributed by atoms with Gasteiger partial charge in [-0.05, 0) is 71.9 Å². The molecule has 1 aromatic rings. The fourth-order valence-electron chi connectivity index (χ4n) is 7.85. The Balaban J connectivity index is 1.28. The van der Waals surface area contributed by atoms with Crippen molar-refractivity contribution >= 4 is 23.1 Å². The van der Waals surface area contributed by atoms with Crippen molar-refractivity contribution in [2.75, 3.05) is 0 Å². The van der Waals surface area contributed by atoms with Crippen molar-refractivity contribution in [2.24, 2.45) is 5.73 Å². The molecule has 3 fully saturated rings. The molecule has 3 saturated heterocycles. The standard InChI is InChI=1S/C37H49NO13/c1-16-13-25(40)36(45)37(46,15-16)28(51-30-11-7-23(38)17(2)48-30)14-22-33(42)31-21(34(43)35(22)44)6-5-20(32(31)41)27-10-9-26(19(4)47-27)50-29-12-8-24(39)18(3)49-29/h5-6,13,17-19,23-24,26-30,36,39,41-42,45-46H,7-12,14-15,38H2,1-4H3/t17-,18-,19-,23-,24-,26-,27+,28+,29-,30-,36+,37+/m0/s1. The minimum Gasteiger partial charge on any atom is -0.507 e. The Morgan fingerprint density at radius 2 is 1.61 bits per heavy atom. The molecule has 2 aliphatic carbocycles. The number of nitrogens with two attached hydrogens (primary N) is 1. The third-order valence-corrected chi connectivity index (χ3v) is 11.0. The van der Waals surface area contributed by atoms with Gasteiger partial charge in [0.05, 0.1) is 48.3 Å². The van der Waals surface area contributed by atoms with Crippen molar-refractivity contribution in [3.05, 3.63) is 46.0 Å². The molecule has 0 unspecified atom stereocenters. The zero-order valence-electron chi connectivity index (χ0n) is 29.3. The van der Waals surface area contributed by atoms with E-state index in [9.17, 15) is 39.9 Å². The van der Waals surface area contributed by atoms with E-state index in [0.29, 0.717) is 49.7 Å². The number of aliphatic hydroxyl groups excluding tert-OH is 3. The lowest BCUT2D eigenvalue weighted by molar-refractivity contribution is -0.260. The number of benzene rings is 1. The molecule has 7 N–H and O–H groups in total. The van der Waals surface area contributed by atoms with Crippen LogP contribution >= 0.6 is 0 Å². The number of ether oxygens (including phenoxy) is 5. The molecule has 12 atom stereocenters. The molecule has 14 heteroatoms. The number of ketones is 3. The fraction of sp³-hybridized carbons (Fsp3) is 0.649. The number of fused-ring (bicyclic) bond motifs is 1. The smallest absolute Gasteiger partial charge is 0.234 e. The Hall–Kier alpha value is -3.05. The first-order valence-corrected chi connectivity index (χ1v) is 17.8. The average Bonchev–Trinajstić information content (AvgIpc) is 3.08. The molecule has 0 aromatic heterocycles. The Labute approximate surface area is 296 Å². The molecule has 3 heterocycles. The van der Waals surface area contributed by atoms with Crippen molar-refractivity contribution in [1.29, 1.82) is 0 Å². The average molecular weight is 716 g/mol. The van der Waals surface area contributed by atoms with Gasteiger partial charge < -0.3 is 55.0 Å². The van der Waals surface area contributed by atoms with Crippen LogP contribution in [0.15, 0.2) is 29.4 Å². The minimum absolute atomic E-state index is 0.204. The summed E-state index contributed by atoms with van der Waals surface area (Å²) in [4.78, 5) is 39.7. The van der Waals surface area contributed by atoms with E-state index in [1.54, 1.807) is 20.8 Å². The molecule has 0 saturated carbocycles. The van der Waals surface area contributed by atoms with E-state index in [2.05, 4.69) is 0 Å². The highest BCUT2D eigenvalue weighted by Crippen LogP contribution is 2.45. The molecule has 14 nitrogen and oxygen atoms in total. The summed E-state index contributed by atoms with van der Waals surface area (Å²) >= 11 is 0. The minimum atomic E-state index is -2.26. The second-order valence-corrected chi connectivity index (χ2v) is 14.7. The first-order valence-electron chi connectivity index (χ1n) is 17.8. The molecule has 0 radical (unpaired) electrons. The molecule has 0 bridgehead atoms. The predicted octanol–water partition coefficient (Wildman–Crippen LogP) is 2.58. The lowest BCUT2D eigenvalue weighted by Gasteiger charge is -2.44. The molecule has 51 heavy (non-hydrogen) atoms. The zero-order valence-corrected chi connectivity index (χ0v) is 29.3. The molecule has 1 aromatic carbocycles. The van der Waals surface area contributed by atoms with Gasteiger partial charge in [0.1, 0.15) is 23.2 Å². The van der Waals surface area contributed by atoms with Crippen molar-refractivity contribution in [3.8, 4) is 5.75 Å². The summed E-state index contributed by atoms with van der Waals surface area (Å²) in [6.07, 6.45) is -4.27. The summed E-state index contributed by atoms with van der Waals surface area (Å²) < 4.78 is 30.3. The van der Waals surface area contributed by atoms with E-state index < -0.39 is 95.7 Å². The number of hydrogen-bond donors (Lipinski definition) is 6. The number of carbonyl (C=O) groups excluding carboxylic acids is 3. The van der Waals surface area contributed by atoms with Crippen LogP contribution < -0.4 is 5.73 Å². The van der Waals surface area contributed by atoms with Crippen LogP contribution in [0, 0.1) is 0 Å². The molecule has 6 rings (SSSR count). The van der Waals surface area contributed by atoms with Crippen LogP contribution in [0.2, 0.25) is 0 Å².